The molecule has 2 aliphatic rings. The van der Waals surface area contributed by atoms with Crippen molar-refractivity contribution < 1.29 is 19.1 Å². The van der Waals surface area contributed by atoms with Crippen molar-refractivity contribution in [3.8, 4) is 5.75 Å². The highest BCUT2D eigenvalue weighted by Crippen LogP contribution is 2.30. The molecule has 196 valence electrons. The Hall–Kier alpha value is -3.50. The molecule has 1 atom stereocenters. The fourth-order valence-corrected chi connectivity index (χ4v) is 5.16. The van der Waals surface area contributed by atoms with E-state index in [2.05, 4.69) is 43.5 Å². The van der Waals surface area contributed by atoms with Crippen molar-refractivity contribution in [1.29, 1.82) is 0 Å². The number of oxazole rings is 1. The molecular formula is C27H34N6O4. The molecule has 37 heavy (non-hydrogen) atoms. The van der Waals surface area contributed by atoms with Crippen LogP contribution in [0, 0.1) is 6.92 Å². The van der Waals surface area contributed by atoms with Gasteiger partial charge in [0.15, 0.2) is 12.2 Å². The lowest BCUT2D eigenvalue weighted by atomic mass is 9.94. The van der Waals surface area contributed by atoms with E-state index in [1.54, 1.807) is 12.3 Å². The summed E-state index contributed by atoms with van der Waals surface area (Å²) in [5.41, 5.74) is 3.96. The van der Waals surface area contributed by atoms with Crippen molar-refractivity contribution in [2.75, 3.05) is 25.0 Å². The molecule has 0 bridgehead atoms. The first-order valence-electron chi connectivity index (χ1n) is 12.9. The summed E-state index contributed by atoms with van der Waals surface area (Å²) in [6, 6.07) is 6.16. The van der Waals surface area contributed by atoms with Gasteiger partial charge < -0.3 is 24.9 Å². The van der Waals surface area contributed by atoms with Crippen LogP contribution >= 0.6 is 0 Å². The maximum atomic E-state index is 12.6. The lowest BCUT2D eigenvalue weighted by Crippen LogP contribution is -2.42. The Bertz CT molecular complexity index is 1200. The van der Waals surface area contributed by atoms with Gasteiger partial charge in [0, 0.05) is 38.3 Å². The van der Waals surface area contributed by atoms with Gasteiger partial charge in [-0.3, -0.25) is 9.69 Å². The summed E-state index contributed by atoms with van der Waals surface area (Å²) in [4.78, 5) is 27.1. The van der Waals surface area contributed by atoms with Crippen LogP contribution in [0.1, 0.15) is 58.6 Å². The molecule has 1 amide bonds. The summed E-state index contributed by atoms with van der Waals surface area (Å²) in [5, 5.41) is 16.8. The van der Waals surface area contributed by atoms with E-state index in [9.17, 15) is 9.90 Å². The number of fused-ring (bicyclic) bond motifs is 1. The fourth-order valence-electron chi connectivity index (χ4n) is 5.16. The Balaban J connectivity index is 1.10. The van der Waals surface area contributed by atoms with Crippen LogP contribution in [0.3, 0.4) is 0 Å². The number of carbonyl (C=O) groups is 1. The molecular weight excluding hydrogens is 472 g/mol. The maximum absolute atomic E-state index is 12.6. The summed E-state index contributed by atoms with van der Waals surface area (Å²) >= 11 is 0. The molecule has 0 spiro atoms. The van der Waals surface area contributed by atoms with Crippen LogP contribution in [0.15, 0.2) is 41.5 Å². The minimum atomic E-state index is -0.686. The van der Waals surface area contributed by atoms with E-state index >= 15 is 0 Å². The predicted molar refractivity (Wildman–Crippen MR) is 137 cm³/mol. The van der Waals surface area contributed by atoms with Crippen molar-refractivity contribution in [3.63, 3.8) is 0 Å². The summed E-state index contributed by atoms with van der Waals surface area (Å²) in [5.74, 6) is 1.89. The maximum Gasteiger partial charge on any atom is 0.270 e. The number of amides is 1. The number of hydrogen-bond acceptors (Lipinski definition) is 9. The van der Waals surface area contributed by atoms with E-state index in [1.807, 2.05) is 6.07 Å². The third-order valence-corrected chi connectivity index (χ3v) is 7.15. The van der Waals surface area contributed by atoms with Gasteiger partial charge in [-0.2, -0.15) is 0 Å². The number of nitrogens with one attached hydrogen (secondary N) is 2. The van der Waals surface area contributed by atoms with Crippen LogP contribution in [-0.2, 0) is 19.6 Å². The molecule has 3 aromatic rings. The average Bonchev–Trinajstić information content (AvgIpc) is 3.62. The Labute approximate surface area is 216 Å². The lowest BCUT2D eigenvalue weighted by molar-refractivity contribution is 0.0837. The van der Waals surface area contributed by atoms with Crippen LogP contribution in [-0.4, -0.2) is 62.6 Å². The van der Waals surface area contributed by atoms with Crippen LogP contribution in [0.2, 0.25) is 0 Å². The monoisotopic (exact) mass is 506 g/mol. The molecule has 1 aromatic carbocycles. The summed E-state index contributed by atoms with van der Waals surface area (Å²) in [6.45, 7) is 4.62. The quantitative estimate of drug-likeness (QED) is 0.380. The second kappa shape index (κ2) is 11.7. The largest absolute Gasteiger partial charge is 0.485 e. The molecule has 1 saturated carbocycles. The first-order valence-corrected chi connectivity index (χ1v) is 12.9. The summed E-state index contributed by atoms with van der Waals surface area (Å²) in [7, 11) is 0. The molecule has 2 aromatic heterocycles. The molecule has 1 fully saturated rings. The summed E-state index contributed by atoms with van der Waals surface area (Å²) in [6.07, 6.45) is 9.32. The van der Waals surface area contributed by atoms with Gasteiger partial charge >= 0.3 is 0 Å². The molecule has 0 saturated heterocycles. The lowest BCUT2D eigenvalue weighted by Gasteiger charge is -2.31. The van der Waals surface area contributed by atoms with E-state index in [1.165, 1.54) is 36.7 Å². The molecule has 3 N–H and O–H groups in total. The first-order chi connectivity index (χ1) is 18.0. The van der Waals surface area contributed by atoms with Crippen molar-refractivity contribution in [2.45, 2.75) is 64.3 Å². The van der Waals surface area contributed by atoms with Gasteiger partial charge in [-0.15, -0.1) is 0 Å². The number of nitrogens with zero attached hydrogens (tertiary/aromatic N) is 4. The van der Waals surface area contributed by atoms with Crippen molar-refractivity contribution in [1.82, 2.24) is 25.2 Å². The van der Waals surface area contributed by atoms with Crippen molar-refractivity contribution >= 4 is 11.7 Å². The molecule has 10 nitrogen and oxygen atoms in total. The number of anilines is 1. The minimum Gasteiger partial charge on any atom is -0.485 e. The number of aliphatic hydroxyl groups is 1. The molecule has 10 heteroatoms. The Morgan fingerprint density at radius 1 is 1.30 bits per heavy atom. The highest BCUT2D eigenvalue weighted by atomic mass is 16.5. The second-order valence-electron chi connectivity index (χ2n) is 9.85. The van der Waals surface area contributed by atoms with Gasteiger partial charge in [0.1, 0.15) is 30.2 Å². The summed E-state index contributed by atoms with van der Waals surface area (Å²) < 4.78 is 11.2. The third-order valence-electron chi connectivity index (χ3n) is 7.15. The number of β-amino-alcohol motifs (C(OH)–C–C–N with tert-alkyl or cyclic N) is 1. The van der Waals surface area contributed by atoms with Crippen molar-refractivity contribution in [3.05, 3.63) is 65.3 Å². The predicted octanol–water partition coefficient (Wildman–Crippen LogP) is 2.86. The normalized spacial score (nSPS) is 16.8. The van der Waals surface area contributed by atoms with Gasteiger partial charge in [-0.05, 0) is 48.9 Å². The molecule has 1 aliphatic heterocycles. The number of ether oxygens (including phenoxy) is 1. The molecule has 0 radical (unpaired) electrons. The minimum absolute atomic E-state index is 0.158. The molecule has 0 unspecified atom stereocenters. The third kappa shape index (κ3) is 6.44. The van der Waals surface area contributed by atoms with Gasteiger partial charge in [-0.25, -0.2) is 15.0 Å². The van der Waals surface area contributed by atoms with Gasteiger partial charge in [0.05, 0.1) is 12.3 Å². The zero-order valence-corrected chi connectivity index (χ0v) is 21.2. The van der Waals surface area contributed by atoms with Crippen molar-refractivity contribution in [2.24, 2.45) is 0 Å². The fraction of sp³-hybridized carbons (Fsp3) is 0.481. The Morgan fingerprint density at radius 2 is 2.16 bits per heavy atom. The number of carbonyl (C=O) groups excluding carboxylic acids is 1. The van der Waals surface area contributed by atoms with Gasteiger partial charge in [-0.1, -0.05) is 18.9 Å². The van der Waals surface area contributed by atoms with Crippen LogP contribution in [0.4, 0.5) is 5.82 Å². The highest BCUT2D eigenvalue weighted by Gasteiger charge is 2.22. The Kier molecular flexibility index (Phi) is 7.96. The van der Waals surface area contributed by atoms with Crippen LogP contribution < -0.4 is 15.4 Å². The topological polar surface area (TPSA) is 126 Å². The molecule has 5 rings (SSSR count). The first kappa shape index (κ1) is 25.2. The van der Waals surface area contributed by atoms with E-state index in [4.69, 9.17) is 9.15 Å². The highest BCUT2D eigenvalue weighted by molar-refractivity contribution is 5.92. The van der Waals surface area contributed by atoms with Crippen LogP contribution in [0.25, 0.3) is 0 Å². The average molecular weight is 507 g/mol. The van der Waals surface area contributed by atoms with Gasteiger partial charge in [0.2, 0.25) is 0 Å². The van der Waals surface area contributed by atoms with Gasteiger partial charge in [0.25, 0.3) is 5.91 Å². The van der Waals surface area contributed by atoms with E-state index in [0.29, 0.717) is 36.5 Å². The molecule has 3 heterocycles. The number of aliphatic hydroxyl groups excluding tert-OH is 1. The SMILES string of the molecule is Cc1c(OCc2cnco2)ccc2c1CCN(C[C@@H](O)CNC(=O)c1cc(NC3CCCC3)ncn1)C2. The Morgan fingerprint density at radius 3 is 2.97 bits per heavy atom. The molecule has 1 aliphatic carbocycles. The number of hydrogen-bond donors (Lipinski definition) is 3. The number of aromatic nitrogens is 3. The number of rotatable bonds is 10. The second-order valence-corrected chi connectivity index (χ2v) is 9.85. The zero-order valence-electron chi connectivity index (χ0n) is 21.2. The van der Waals surface area contributed by atoms with E-state index < -0.39 is 6.10 Å². The zero-order chi connectivity index (χ0) is 25.6. The number of benzene rings is 1. The van der Waals surface area contributed by atoms with E-state index in [-0.39, 0.29) is 12.5 Å². The van der Waals surface area contributed by atoms with E-state index in [0.717, 1.165) is 43.7 Å². The standard InChI is InChI=1S/C27H34N6O4/c1-18-23-8-9-33(13-19(23)6-7-25(18)36-15-22-12-28-17-37-22)14-21(34)11-29-27(35)24-10-26(31-16-30-24)32-20-4-2-3-5-20/h6-7,10,12,16-17,20-21,34H,2-5,8-9,11,13-15H2,1H3,(H,29,35)(H,30,31,32)/t21-/m0/s1. The van der Waals surface area contributed by atoms with Crippen LogP contribution in [0.5, 0.6) is 5.75 Å². The smallest absolute Gasteiger partial charge is 0.270 e.